The first-order chi connectivity index (χ1) is 8.19. The number of hydrogen-bond donors (Lipinski definition) is 0. The van der Waals surface area contributed by atoms with E-state index in [2.05, 4.69) is 25.5 Å². The Kier molecular flexibility index (Phi) is 10.3. The van der Waals surface area contributed by atoms with E-state index in [9.17, 15) is 4.79 Å². The van der Waals surface area contributed by atoms with Crippen LogP contribution in [0, 0.1) is 11.8 Å². The van der Waals surface area contributed by atoms with E-state index in [1.807, 2.05) is 0 Å². The number of carbonyl (C=O) groups is 1. The maximum Gasteiger partial charge on any atom is 0.305 e. The molecule has 0 saturated carbocycles. The average Bonchev–Trinajstić information content (AvgIpc) is 2.34. The first-order valence-corrected chi connectivity index (χ1v) is 7.26. The van der Waals surface area contributed by atoms with Gasteiger partial charge in [0.1, 0.15) is 0 Å². The summed E-state index contributed by atoms with van der Waals surface area (Å²) in [6.45, 7) is 6.81. The SMILES string of the molecule is CCCC(CCC)C(CC)CCCC(=O)OC. The van der Waals surface area contributed by atoms with E-state index in [4.69, 9.17) is 0 Å². The topological polar surface area (TPSA) is 26.3 Å². The van der Waals surface area contributed by atoms with Gasteiger partial charge in [-0.15, -0.1) is 0 Å². The van der Waals surface area contributed by atoms with Crippen molar-refractivity contribution in [1.29, 1.82) is 0 Å². The lowest BCUT2D eigenvalue weighted by Crippen LogP contribution is -2.15. The van der Waals surface area contributed by atoms with E-state index in [0.29, 0.717) is 6.42 Å². The molecule has 1 unspecified atom stereocenters. The lowest BCUT2D eigenvalue weighted by molar-refractivity contribution is -0.140. The second-order valence-electron chi connectivity index (χ2n) is 4.97. The smallest absolute Gasteiger partial charge is 0.305 e. The number of rotatable bonds is 10. The van der Waals surface area contributed by atoms with Crippen molar-refractivity contribution >= 4 is 5.97 Å². The van der Waals surface area contributed by atoms with Crippen LogP contribution >= 0.6 is 0 Å². The molecule has 0 aromatic heterocycles. The Labute approximate surface area is 107 Å². The summed E-state index contributed by atoms with van der Waals surface area (Å²) in [7, 11) is 1.47. The highest BCUT2D eigenvalue weighted by Gasteiger charge is 2.18. The van der Waals surface area contributed by atoms with E-state index in [0.717, 1.165) is 18.3 Å². The molecule has 0 bridgehead atoms. The summed E-state index contributed by atoms with van der Waals surface area (Å²) in [5.41, 5.74) is 0. The van der Waals surface area contributed by atoms with Gasteiger partial charge in [0.05, 0.1) is 7.11 Å². The fourth-order valence-electron chi connectivity index (χ4n) is 2.74. The van der Waals surface area contributed by atoms with Gasteiger partial charge in [0, 0.05) is 6.42 Å². The largest absolute Gasteiger partial charge is 0.469 e. The number of esters is 1. The Balaban J connectivity index is 4.03. The number of carbonyl (C=O) groups excluding carboxylic acids is 1. The van der Waals surface area contributed by atoms with Crippen LogP contribution in [0.5, 0.6) is 0 Å². The van der Waals surface area contributed by atoms with Gasteiger partial charge in [-0.1, -0.05) is 52.9 Å². The lowest BCUT2D eigenvalue weighted by atomic mass is 9.80. The molecule has 0 rings (SSSR count). The van der Waals surface area contributed by atoms with Crippen LogP contribution in [0.1, 0.15) is 72.1 Å². The molecule has 0 saturated heterocycles. The van der Waals surface area contributed by atoms with Crippen LogP contribution in [0.4, 0.5) is 0 Å². The van der Waals surface area contributed by atoms with E-state index in [-0.39, 0.29) is 5.97 Å². The monoisotopic (exact) mass is 242 g/mol. The highest BCUT2D eigenvalue weighted by atomic mass is 16.5. The average molecular weight is 242 g/mol. The molecular formula is C15H30O2. The maximum absolute atomic E-state index is 11.1. The van der Waals surface area contributed by atoms with Crippen LogP contribution in [-0.4, -0.2) is 13.1 Å². The Morgan fingerprint density at radius 2 is 1.59 bits per heavy atom. The number of hydrogen-bond acceptors (Lipinski definition) is 2. The third-order valence-electron chi connectivity index (χ3n) is 3.69. The molecule has 17 heavy (non-hydrogen) atoms. The Hall–Kier alpha value is -0.530. The van der Waals surface area contributed by atoms with Crippen molar-refractivity contribution in [3.8, 4) is 0 Å². The first-order valence-electron chi connectivity index (χ1n) is 7.26. The molecule has 0 aromatic rings. The lowest BCUT2D eigenvalue weighted by Gasteiger charge is -2.25. The van der Waals surface area contributed by atoms with E-state index in [1.165, 1.54) is 45.6 Å². The second kappa shape index (κ2) is 10.6. The molecule has 0 aliphatic heterocycles. The highest BCUT2D eigenvalue weighted by Crippen LogP contribution is 2.29. The summed E-state index contributed by atoms with van der Waals surface area (Å²) in [5.74, 6) is 1.58. The predicted molar refractivity (Wildman–Crippen MR) is 73.0 cm³/mol. The summed E-state index contributed by atoms with van der Waals surface area (Å²) in [5, 5.41) is 0. The number of methoxy groups -OCH3 is 1. The summed E-state index contributed by atoms with van der Waals surface area (Å²) in [6, 6.07) is 0. The van der Waals surface area contributed by atoms with E-state index in [1.54, 1.807) is 0 Å². The molecule has 0 aromatic carbocycles. The van der Waals surface area contributed by atoms with Crippen molar-refractivity contribution in [2.24, 2.45) is 11.8 Å². The minimum absolute atomic E-state index is 0.0672. The molecule has 0 fully saturated rings. The van der Waals surface area contributed by atoms with Crippen LogP contribution in [0.2, 0.25) is 0 Å². The summed E-state index contributed by atoms with van der Waals surface area (Å²) >= 11 is 0. The van der Waals surface area contributed by atoms with Crippen molar-refractivity contribution in [2.45, 2.75) is 72.1 Å². The van der Waals surface area contributed by atoms with Gasteiger partial charge in [-0.2, -0.15) is 0 Å². The van der Waals surface area contributed by atoms with Gasteiger partial charge in [-0.05, 0) is 24.7 Å². The zero-order valence-electron chi connectivity index (χ0n) is 12.1. The van der Waals surface area contributed by atoms with Crippen LogP contribution < -0.4 is 0 Å². The fraction of sp³-hybridized carbons (Fsp3) is 0.933. The molecule has 102 valence electrons. The van der Waals surface area contributed by atoms with Crippen molar-refractivity contribution in [3.05, 3.63) is 0 Å². The van der Waals surface area contributed by atoms with Gasteiger partial charge >= 0.3 is 5.97 Å². The molecular weight excluding hydrogens is 212 g/mol. The summed E-state index contributed by atoms with van der Waals surface area (Å²) in [6.07, 6.45) is 9.21. The van der Waals surface area contributed by atoms with Gasteiger partial charge in [0.2, 0.25) is 0 Å². The molecule has 0 N–H and O–H groups in total. The van der Waals surface area contributed by atoms with E-state index >= 15 is 0 Å². The van der Waals surface area contributed by atoms with Crippen LogP contribution in [0.25, 0.3) is 0 Å². The Morgan fingerprint density at radius 1 is 1.00 bits per heavy atom. The minimum Gasteiger partial charge on any atom is -0.469 e. The van der Waals surface area contributed by atoms with Gasteiger partial charge in [-0.25, -0.2) is 0 Å². The van der Waals surface area contributed by atoms with Crippen molar-refractivity contribution < 1.29 is 9.53 Å². The molecule has 2 heteroatoms. The first kappa shape index (κ1) is 16.5. The molecule has 2 nitrogen and oxygen atoms in total. The zero-order valence-corrected chi connectivity index (χ0v) is 12.1. The fourth-order valence-corrected chi connectivity index (χ4v) is 2.74. The molecule has 0 heterocycles. The van der Waals surface area contributed by atoms with Crippen LogP contribution in [0.15, 0.2) is 0 Å². The molecule has 0 spiro atoms. The molecule has 1 atom stereocenters. The van der Waals surface area contributed by atoms with Crippen LogP contribution in [0.3, 0.4) is 0 Å². The molecule has 0 amide bonds. The van der Waals surface area contributed by atoms with Crippen molar-refractivity contribution in [3.63, 3.8) is 0 Å². The zero-order chi connectivity index (χ0) is 13.1. The summed E-state index contributed by atoms with van der Waals surface area (Å²) < 4.78 is 4.68. The van der Waals surface area contributed by atoms with Gasteiger partial charge in [0.15, 0.2) is 0 Å². The Bertz CT molecular complexity index is 183. The predicted octanol–water partition coefficient (Wildman–Crippen LogP) is 4.57. The maximum atomic E-state index is 11.1. The van der Waals surface area contributed by atoms with Crippen molar-refractivity contribution in [2.75, 3.05) is 7.11 Å². The van der Waals surface area contributed by atoms with Crippen LogP contribution in [-0.2, 0) is 9.53 Å². The van der Waals surface area contributed by atoms with Gasteiger partial charge < -0.3 is 4.74 Å². The van der Waals surface area contributed by atoms with E-state index < -0.39 is 0 Å². The van der Waals surface area contributed by atoms with Gasteiger partial charge in [-0.3, -0.25) is 4.79 Å². The molecule has 0 radical (unpaired) electrons. The highest BCUT2D eigenvalue weighted by molar-refractivity contribution is 5.68. The summed E-state index contributed by atoms with van der Waals surface area (Å²) in [4.78, 5) is 11.1. The number of ether oxygens (including phenoxy) is 1. The van der Waals surface area contributed by atoms with Gasteiger partial charge in [0.25, 0.3) is 0 Å². The quantitative estimate of drug-likeness (QED) is 0.524. The minimum atomic E-state index is -0.0672. The standard InChI is InChI=1S/C15H30O2/c1-5-9-14(10-6-2)13(7-3)11-8-12-15(16)17-4/h13-14H,5-12H2,1-4H3. The normalized spacial score (nSPS) is 12.8. The molecule has 0 aliphatic rings. The molecule has 0 aliphatic carbocycles. The second-order valence-corrected chi connectivity index (χ2v) is 4.97. The van der Waals surface area contributed by atoms with Crippen molar-refractivity contribution in [1.82, 2.24) is 0 Å². The third kappa shape index (κ3) is 7.40. The third-order valence-corrected chi connectivity index (χ3v) is 3.69. The Morgan fingerprint density at radius 3 is 2.00 bits per heavy atom.